The first kappa shape index (κ1) is 18.2. The number of nitrogens with one attached hydrogen (secondary N) is 3. The summed E-state index contributed by atoms with van der Waals surface area (Å²) in [6, 6.07) is 8.92. The summed E-state index contributed by atoms with van der Waals surface area (Å²) in [4.78, 5) is 34.2. The van der Waals surface area contributed by atoms with Crippen molar-refractivity contribution in [2.45, 2.75) is 25.7 Å². The molecule has 3 amide bonds. The van der Waals surface area contributed by atoms with E-state index in [1.54, 1.807) is 0 Å². The molecular weight excluding hydrogens is 330 g/mol. The van der Waals surface area contributed by atoms with E-state index in [1.807, 2.05) is 30.3 Å². The third kappa shape index (κ3) is 5.48. The van der Waals surface area contributed by atoms with Crippen molar-refractivity contribution in [2.75, 3.05) is 5.75 Å². The quantitative estimate of drug-likeness (QED) is 0.385. The average molecular weight is 349 g/mol. The lowest BCUT2D eigenvalue weighted by atomic mass is 10.2. The zero-order valence-corrected chi connectivity index (χ0v) is 13.9. The summed E-state index contributed by atoms with van der Waals surface area (Å²) < 4.78 is 0. The number of carbonyl (C=O) groups excluding carboxylic acids is 3. The first-order valence-corrected chi connectivity index (χ1v) is 8.36. The van der Waals surface area contributed by atoms with Gasteiger partial charge in [-0.2, -0.15) is 0 Å². The van der Waals surface area contributed by atoms with E-state index < -0.39 is 24.1 Å². The molecule has 7 nitrogen and oxygen atoms in total. The zero-order valence-electron chi connectivity index (χ0n) is 13.1. The molecule has 8 heteroatoms. The fourth-order valence-electron chi connectivity index (χ4n) is 2.11. The van der Waals surface area contributed by atoms with Crippen LogP contribution in [0.15, 0.2) is 41.3 Å². The first-order valence-electron chi connectivity index (χ1n) is 7.38. The van der Waals surface area contributed by atoms with Crippen molar-refractivity contribution in [1.82, 2.24) is 16.0 Å². The Morgan fingerprint density at radius 1 is 1.29 bits per heavy atom. The zero-order chi connectivity index (χ0) is 17.5. The van der Waals surface area contributed by atoms with Gasteiger partial charge in [-0.05, 0) is 5.56 Å². The van der Waals surface area contributed by atoms with E-state index in [2.05, 4.69) is 16.0 Å². The van der Waals surface area contributed by atoms with Crippen molar-refractivity contribution in [3.63, 3.8) is 0 Å². The Morgan fingerprint density at radius 2 is 2.00 bits per heavy atom. The molecule has 0 bridgehead atoms. The molecule has 0 fully saturated rings. The molecular formula is C16H19N3O4S. The van der Waals surface area contributed by atoms with Gasteiger partial charge in [0.25, 0.3) is 11.8 Å². The number of carbonyl (C=O) groups is 3. The highest BCUT2D eigenvalue weighted by Crippen LogP contribution is 2.20. The molecule has 0 saturated heterocycles. The summed E-state index contributed by atoms with van der Waals surface area (Å²) in [5.41, 5.74) is 0.995. The SMILES string of the molecule is CC(=O)NC(CSC1=CC(=O)NC1=O)C(O)NCc1ccccc1. The van der Waals surface area contributed by atoms with Crippen molar-refractivity contribution < 1.29 is 19.5 Å². The molecule has 0 radical (unpaired) electrons. The Kier molecular flexibility index (Phi) is 6.53. The standard InChI is InChI=1S/C16H19N3O4S/c1-10(20)18-12(9-24-13-7-14(21)19-16(13)23)15(22)17-8-11-5-3-2-4-6-11/h2-7,12,15,17,22H,8-9H2,1H3,(H,18,20)(H,19,21,23). The molecule has 1 heterocycles. The fourth-order valence-corrected chi connectivity index (χ4v) is 3.11. The molecule has 128 valence electrons. The van der Waals surface area contributed by atoms with E-state index >= 15 is 0 Å². The van der Waals surface area contributed by atoms with Crippen LogP contribution in [0.2, 0.25) is 0 Å². The third-order valence-corrected chi connectivity index (χ3v) is 4.41. The van der Waals surface area contributed by atoms with Crippen molar-refractivity contribution in [1.29, 1.82) is 0 Å². The predicted molar refractivity (Wildman–Crippen MR) is 90.6 cm³/mol. The lowest BCUT2D eigenvalue weighted by Gasteiger charge is -2.24. The highest BCUT2D eigenvalue weighted by molar-refractivity contribution is 8.04. The van der Waals surface area contributed by atoms with Crippen LogP contribution in [0.4, 0.5) is 0 Å². The first-order chi connectivity index (χ1) is 11.5. The molecule has 0 saturated carbocycles. The number of aliphatic hydroxyl groups excluding tert-OH is 1. The Bertz CT molecular complexity index is 648. The molecule has 2 unspecified atom stereocenters. The molecule has 0 aliphatic carbocycles. The Balaban J connectivity index is 1.91. The van der Waals surface area contributed by atoms with Gasteiger partial charge >= 0.3 is 0 Å². The molecule has 1 aliphatic heterocycles. The van der Waals surface area contributed by atoms with Gasteiger partial charge in [-0.25, -0.2) is 0 Å². The monoisotopic (exact) mass is 349 g/mol. The highest BCUT2D eigenvalue weighted by atomic mass is 32.2. The smallest absolute Gasteiger partial charge is 0.264 e. The van der Waals surface area contributed by atoms with E-state index in [0.717, 1.165) is 17.3 Å². The summed E-state index contributed by atoms with van der Waals surface area (Å²) in [5, 5.41) is 18.0. The van der Waals surface area contributed by atoms with Crippen LogP contribution in [0, 0.1) is 0 Å². The third-order valence-electron chi connectivity index (χ3n) is 3.27. The van der Waals surface area contributed by atoms with Crippen molar-refractivity contribution in [3.05, 3.63) is 46.9 Å². The summed E-state index contributed by atoms with van der Waals surface area (Å²) in [6.07, 6.45) is 0.212. The average Bonchev–Trinajstić information content (AvgIpc) is 2.87. The topological polar surface area (TPSA) is 108 Å². The van der Waals surface area contributed by atoms with E-state index in [0.29, 0.717) is 6.54 Å². The van der Waals surface area contributed by atoms with Gasteiger partial charge < -0.3 is 10.4 Å². The number of hydrogen-bond donors (Lipinski definition) is 4. The molecule has 0 aromatic heterocycles. The Hall–Kier alpha value is -2.16. The summed E-state index contributed by atoms with van der Waals surface area (Å²) in [7, 11) is 0. The second kappa shape index (κ2) is 8.62. The van der Waals surface area contributed by atoms with Crippen molar-refractivity contribution in [2.24, 2.45) is 0 Å². The van der Waals surface area contributed by atoms with Gasteiger partial charge in [0.2, 0.25) is 5.91 Å². The van der Waals surface area contributed by atoms with Gasteiger partial charge in [0, 0.05) is 25.3 Å². The summed E-state index contributed by atoms with van der Waals surface area (Å²) >= 11 is 1.11. The molecule has 1 aliphatic rings. The normalized spacial score (nSPS) is 16.3. The fraction of sp³-hybridized carbons (Fsp3) is 0.312. The second-order valence-electron chi connectivity index (χ2n) is 5.26. The molecule has 24 heavy (non-hydrogen) atoms. The van der Waals surface area contributed by atoms with Gasteiger partial charge in [-0.1, -0.05) is 30.3 Å². The van der Waals surface area contributed by atoms with Crippen LogP contribution in [-0.4, -0.2) is 40.9 Å². The lowest BCUT2D eigenvalue weighted by Crippen LogP contribution is -2.50. The predicted octanol–water partition coefficient (Wildman–Crippen LogP) is -0.127. The minimum atomic E-state index is -0.998. The number of thioether (sulfide) groups is 1. The van der Waals surface area contributed by atoms with Crippen LogP contribution in [0.5, 0.6) is 0 Å². The number of rotatable bonds is 8. The van der Waals surface area contributed by atoms with Crippen LogP contribution in [0.25, 0.3) is 0 Å². The maximum atomic E-state index is 11.5. The van der Waals surface area contributed by atoms with E-state index in [9.17, 15) is 19.5 Å². The van der Waals surface area contributed by atoms with Gasteiger partial charge in [0.15, 0.2) is 0 Å². The van der Waals surface area contributed by atoms with Gasteiger partial charge in [0.05, 0.1) is 10.9 Å². The largest absolute Gasteiger partial charge is 0.376 e. The number of amides is 3. The number of aliphatic hydroxyl groups is 1. The Labute approximate surface area is 143 Å². The van der Waals surface area contributed by atoms with Crippen molar-refractivity contribution >= 4 is 29.5 Å². The molecule has 4 N–H and O–H groups in total. The van der Waals surface area contributed by atoms with Crippen LogP contribution < -0.4 is 16.0 Å². The molecule has 1 aromatic rings. The second-order valence-corrected chi connectivity index (χ2v) is 6.32. The Morgan fingerprint density at radius 3 is 2.58 bits per heavy atom. The van der Waals surface area contributed by atoms with Crippen molar-refractivity contribution in [3.8, 4) is 0 Å². The van der Waals surface area contributed by atoms with Crippen LogP contribution in [0.3, 0.4) is 0 Å². The molecule has 0 spiro atoms. The van der Waals surface area contributed by atoms with Gasteiger partial charge in [-0.3, -0.25) is 25.0 Å². The molecule has 2 atom stereocenters. The molecule has 2 rings (SSSR count). The molecule has 1 aromatic carbocycles. The maximum Gasteiger partial charge on any atom is 0.264 e. The van der Waals surface area contributed by atoms with E-state index in [-0.39, 0.29) is 16.6 Å². The van der Waals surface area contributed by atoms with Gasteiger partial charge in [-0.15, -0.1) is 11.8 Å². The maximum absolute atomic E-state index is 11.5. The summed E-state index contributed by atoms with van der Waals surface area (Å²) in [5.74, 6) is -0.962. The number of benzene rings is 1. The number of imide groups is 1. The van der Waals surface area contributed by atoms with Crippen LogP contribution in [-0.2, 0) is 20.9 Å². The van der Waals surface area contributed by atoms with Gasteiger partial charge in [0.1, 0.15) is 6.23 Å². The van der Waals surface area contributed by atoms with E-state index in [4.69, 9.17) is 0 Å². The van der Waals surface area contributed by atoms with Crippen LogP contribution >= 0.6 is 11.8 Å². The van der Waals surface area contributed by atoms with E-state index in [1.165, 1.54) is 13.0 Å². The lowest BCUT2D eigenvalue weighted by molar-refractivity contribution is -0.123. The highest BCUT2D eigenvalue weighted by Gasteiger charge is 2.25. The summed E-state index contributed by atoms with van der Waals surface area (Å²) in [6.45, 7) is 1.79. The van der Waals surface area contributed by atoms with Crippen LogP contribution in [0.1, 0.15) is 12.5 Å². The minimum Gasteiger partial charge on any atom is -0.376 e. The minimum absolute atomic E-state index is 0.245. The number of hydrogen-bond acceptors (Lipinski definition) is 6.